The number of hydrogen-bond donors (Lipinski definition) is 0. The van der Waals surface area contributed by atoms with Gasteiger partial charge >= 0.3 is 0 Å². The fourth-order valence-corrected chi connectivity index (χ4v) is 8.81. The van der Waals surface area contributed by atoms with Gasteiger partial charge in [-0.15, -0.1) is 10.2 Å². The number of carbonyl (C=O) groups excluding carboxylic acids is 2. The van der Waals surface area contributed by atoms with Crippen LogP contribution in [-0.2, 0) is 4.79 Å². The van der Waals surface area contributed by atoms with Crippen molar-refractivity contribution in [2.75, 3.05) is 63.8 Å². The number of ether oxygens (including phenoxy) is 1. The van der Waals surface area contributed by atoms with Crippen molar-refractivity contribution in [3.63, 3.8) is 0 Å². The quantitative estimate of drug-likeness (QED) is 0.229. The number of likely N-dealkylation sites (tertiary alicyclic amines) is 2. The Kier molecular flexibility index (Phi) is 8.48. The number of aromatic nitrogens is 3. The number of halogens is 2. The van der Waals surface area contributed by atoms with Crippen molar-refractivity contribution in [1.29, 1.82) is 0 Å². The fourth-order valence-electron chi connectivity index (χ4n) is 7.61. The minimum atomic E-state index is -0.860. The molecule has 45 heavy (non-hydrogen) atoms. The normalized spacial score (nSPS) is 25.5. The van der Waals surface area contributed by atoms with E-state index in [1.165, 1.54) is 31.3 Å². The highest BCUT2D eigenvalue weighted by atomic mass is 32.2. The summed E-state index contributed by atoms with van der Waals surface area (Å²) >= 11 is 1.82. The number of rotatable bonds is 9. The lowest BCUT2D eigenvalue weighted by atomic mass is 9.72. The number of hydrogen-bond acceptors (Lipinski definition) is 11. The number of aldehydes is 1. The van der Waals surface area contributed by atoms with Crippen LogP contribution in [0.1, 0.15) is 42.5 Å². The van der Waals surface area contributed by atoms with Crippen LogP contribution in [0.4, 0.5) is 14.6 Å². The molecule has 6 heterocycles. The molecule has 5 fully saturated rings. The zero-order chi connectivity index (χ0) is 31.1. The maximum atomic E-state index is 13.6. The molecule has 5 aliphatic rings. The molecule has 0 N–H and O–H groups in total. The first-order valence-electron chi connectivity index (χ1n) is 15.7. The topological polar surface area (TPSA) is 98.2 Å². The average Bonchev–Trinajstić information content (AvgIpc) is 3.63. The first-order chi connectivity index (χ1) is 21.8. The third kappa shape index (κ3) is 6.29. The first kappa shape index (κ1) is 30.5. The average molecular weight is 641 g/mol. The summed E-state index contributed by atoms with van der Waals surface area (Å²) in [5, 5.41) is 7.97. The molecule has 2 aromatic rings. The fraction of sp³-hybridized carbons (Fsp3) is 0.581. The number of benzene rings is 1. The van der Waals surface area contributed by atoms with Crippen molar-refractivity contribution >= 4 is 30.1 Å². The number of carbonyl (C=O) groups is 2. The molecule has 0 aliphatic carbocycles. The van der Waals surface area contributed by atoms with E-state index in [0.29, 0.717) is 30.6 Å². The van der Waals surface area contributed by atoms with Gasteiger partial charge in [-0.2, -0.15) is 0 Å². The standard InChI is InChI=1S/C31H38F2N8O3S/c1-21(32)30(43)40-15-26-13-25(40)16-41(26)45-39-8-4-22(5-9-39)14-37-10-6-31(7-11-37)18-38(19-31)28-29(36-35-20-34-28)44-27-3-2-24(33)12-23(27)17-42/h2-3,12,17,20,22,25-26H,1,4-11,13-16,18-19H2. The van der Waals surface area contributed by atoms with Gasteiger partial charge in [-0.25, -0.2) is 22.4 Å². The predicted octanol–water partition coefficient (Wildman–Crippen LogP) is 3.56. The zero-order valence-electron chi connectivity index (χ0n) is 25.2. The Labute approximate surface area is 265 Å². The van der Waals surface area contributed by atoms with E-state index >= 15 is 0 Å². The third-order valence-corrected chi connectivity index (χ3v) is 11.4. The minimum absolute atomic E-state index is 0.0937. The van der Waals surface area contributed by atoms with Crippen LogP contribution in [0.5, 0.6) is 11.6 Å². The Bertz CT molecular complexity index is 1440. The molecule has 2 atom stereocenters. The molecule has 2 bridgehead atoms. The second-order valence-electron chi connectivity index (χ2n) is 13.1. The van der Waals surface area contributed by atoms with Gasteiger partial charge in [-0.1, -0.05) is 6.58 Å². The van der Waals surface area contributed by atoms with Crippen LogP contribution >= 0.6 is 12.1 Å². The number of fused-ring (bicyclic) bond motifs is 2. The molecular formula is C31H38F2N8O3S. The monoisotopic (exact) mass is 640 g/mol. The number of amides is 1. The predicted molar refractivity (Wildman–Crippen MR) is 165 cm³/mol. The lowest BCUT2D eigenvalue weighted by Crippen LogP contribution is -2.61. The molecular weight excluding hydrogens is 602 g/mol. The van der Waals surface area contributed by atoms with Gasteiger partial charge in [0.05, 0.1) is 5.56 Å². The summed E-state index contributed by atoms with van der Waals surface area (Å²) in [6.45, 7) is 11.7. The summed E-state index contributed by atoms with van der Waals surface area (Å²) in [6.07, 6.45) is 7.49. The van der Waals surface area contributed by atoms with Gasteiger partial charge in [0.15, 0.2) is 17.9 Å². The van der Waals surface area contributed by atoms with E-state index in [4.69, 9.17) is 4.74 Å². The van der Waals surface area contributed by atoms with E-state index in [1.807, 2.05) is 12.1 Å². The van der Waals surface area contributed by atoms with E-state index in [9.17, 15) is 18.4 Å². The summed E-state index contributed by atoms with van der Waals surface area (Å²) in [4.78, 5) is 34.3. The second kappa shape index (κ2) is 12.5. The Hall–Kier alpha value is -3.20. The number of piperazine rings is 1. The van der Waals surface area contributed by atoms with Gasteiger partial charge in [-0.05, 0) is 69.3 Å². The summed E-state index contributed by atoms with van der Waals surface area (Å²) in [7, 11) is 0. The van der Waals surface area contributed by atoms with Crippen LogP contribution in [0.3, 0.4) is 0 Å². The Morgan fingerprint density at radius 3 is 2.60 bits per heavy atom. The van der Waals surface area contributed by atoms with Crippen LogP contribution in [0, 0.1) is 17.2 Å². The van der Waals surface area contributed by atoms with Crippen molar-refractivity contribution in [1.82, 2.24) is 33.6 Å². The zero-order valence-corrected chi connectivity index (χ0v) is 26.0. The van der Waals surface area contributed by atoms with Crippen LogP contribution in [0.2, 0.25) is 0 Å². The van der Waals surface area contributed by atoms with Crippen LogP contribution in [0.15, 0.2) is 36.9 Å². The highest BCUT2D eigenvalue weighted by Crippen LogP contribution is 2.45. The Morgan fingerprint density at radius 1 is 1.13 bits per heavy atom. The van der Waals surface area contributed by atoms with E-state index < -0.39 is 17.6 Å². The van der Waals surface area contributed by atoms with Gasteiger partial charge in [0.25, 0.3) is 11.8 Å². The SMILES string of the molecule is C=C(F)C(=O)N1CC2CC1CN2SN1CCC(CN2CCC3(CC2)CN(c2ncnnc2Oc2ccc(F)cc2C=O)C3)CC1. The summed E-state index contributed by atoms with van der Waals surface area (Å²) in [5.41, 5.74) is 0.352. The van der Waals surface area contributed by atoms with Crippen molar-refractivity contribution in [2.45, 2.75) is 44.2 Å². The molecule has 0 radical (unpaired) electrons. The molecule has 7 rings (SSSR count). The van der Waals surface area contributed by atoms with Crippen molar-refractivity contribution in [2.24, 2.45) is 11.3 Å². The summed E-state index contributed by atoms with van der Waals surface area (Å²) < 4.78 is 37.6. The van der Waals surface area contributed by atoms with Gasteiger partial charge in [0, 0.05) is 75.4 Å². The van der Waals surface area contributed by atoms with Gasteiger partial charge in [-0.3, -0.25) is 9.59 Å². The highest BCUT2D eigenvalue weighted by molar-refractivity contribution is 7.94. The highest BCUT2D eigenvalue weighted by Gasteiger charge is 2.48. The molecule has 240 valence electrons. The molecule has 11 nitrogen and oxygen atoms in total. The molecule has 1 amide bonds. The van der Waals surface area contributed by atoms with Gasteiger partial charge in [0.1, 0.15) is 17.9 Å². The van der Waals surface area contributed by atoms with E-state index in [-0.39, 0.29) is 28.6 Å². The lowest BCUT2D eigenvalue weighted by molar-refractivity contribution is -0.130. The van der Waals surface area contributed by atoms with Crippen LogP contribution in [0.25, 0.3) is 0 Å². The first-order valence-corrected chi connectivity index (χ1v) is 16.4. The van der Waals surface area contributed by atoms with Crippen molar-refractivity contribution in [3.05, 3.63) is 48.3 Å². The second-order valence-corrected chi connectivity index (χ2v) is 14.3. The molecule has 1 aromatic heterocycles. The Morgan fingerprint density at radius 2 is 1.91 bits per heavy atom. The van der Waals surface area contributed by atoms with Gasteiger partial charge in [0.2, 0.25) is 0 Å². The van der Waals surface area contributed by atoms with E-state index in [2.05, 4.69) is 40.2 Å². The third-order valence-electron chi connectivity index (χ3n) is 10.1. The number of anilines is 1. The smallest absolute Gasteiger partial charge is 0.282 e. The molecule has 1 spiro atoms. The molecule has 5 aliphatic heterocycles. The van der Waals surface area contributed by atoms with Crippen LogP contribution < -0.4 is 9.64 Å². The number of piperidine rings is 2. The van der Waals surface area contributed by atoms with E-state index in [1.54, 1.807) is 4.90 Å². The maximum absolute atomic E-state index is 13.6. The molecule has 0 saturated carbocycles. The van der Waals surface area contributed by atoms with E-state index in [0.717, 1.165) is 77.7 Å². The minimum Gasteiger partial charge on any atom is -0.434 e. The van der Waals surface area contributed by atoms with Gasteiger partial charge < -0.3 is 19.4 Å². The molecule has 14 heteroatoms. The molecule has 1 aromatic carbocycles. The Balaban J connectivity index is 0.841. The lowest BCUT2D eigenvalue weighted by Gasteiger charge is -2.54. The summed E-state index contributed by atoms with van der Waals surface area (Å²) in [5.74, 6) is -0.209. The molecule has 5 saturated heterocycles. The maximum Gasteiger partial charge on any atom is 0.282 e. The molecule has 2 unspecified atom stereocenters. The van der Waals surface area contributed by atoms with Crippen molar-refractivity contribution in [3.8, 4) is 11.6 Å². The largest absolute Gasteiger partial charge is 0.434 e. The summed E-state index contributed by atoms with van der Waals surface area (Å²) in [6, 6.07) is 4.17. The number of nitrogens with zero attached hydrogens (tertiary/aromatic N) is 8. The van der Waals surface area contributed by atoms with Crippen LogP contribution in [-0.4, -0.2) is 117 Å². The van der Waals surface area contributed by atoms with Crippen molar-refractivity contribution < 1.29 is 23.1 Å².